The van der Waals surface area contributed by atoms with E-state index in [4.69, 9.17) is 4.74 Å². The summed E-state index contributed by atoms with van der Waals surface area (Å²) in [5, 5.41) is 1.24. The number of aromatic amines is 1. The van der Waals surface area contributed by atoms with Gasteiger partial charge >= 0.3 is 0 Å². The Morgan fingerprint density at radius 2 is 2.06 bits per heavy atom. The van der Waals surface area contributed by atoms with Gasteiger partial charge in [0.1, 0.15) is 5.75 Å². The first-order valence-electron chi connectivity index (χ1n) is 6.73. The Labute approximate surface area is 108 Å². The molecule has 0 radical (unpaired) electrons. The molecule has 0 amide bonds. The molecule has 1 N–H and O–H groups in total. The first-order valence-corrected chi connectivity index (χ1v) is 6.73. The van der Waals surface area contributed by atoms with Crippen LogP contribution in [0.2, 0.25) is 0 Å². The van der Waals surface area contributed by atoms with Crippen LogP contribution in [0.5, 0.6) is 5.75 Å². The van der Waals surface area contributed by atoms with Crippen molar-refractivity contribution in [3.8, 4) is 5.75 Å². The van der Waals surface area contributed by atoms with Crippen molar-refractivity contribution in [1.29, 1.82) is 0 Å². The molecule has 1 aliphatic heterocycles. The van der Waals surface area contributed by atoms with Gasteiger partial charge in [-0.1, -0.05) is 0 Å². The van der Waals surface area contributed by atoms with Crippen LogP contribution in [0, 0.1) is 0 Å². The zero-order valence-corrected chi connectivity index (χ0v) is 10.9. The second kappa shape index (κ2) is 5.02. The molecule has 2 heterocycles. The van der Waals surface area contributed by atoms with Crippen molar-refractivity contribution in [2.75, 3.05) is 26.7 Å². The van der Waals surface area contributed by atoms with E-state index in [0.29, 0.717) is 0 Å². The van der Waals surface area contributed by atoms with Crippen LogP contribution >= 0.6 is 0 Å². The summed E-state index contributed by atoms with van der Waals surface area (Å²) in [6, 6.07) is 8.43. The maximum atomic E-state index is 5.25. The lowest BCUT2D eigenvalue weighted by Crippen LogP contribution is -2.21. The van der Waals surface area contributed by atoms with Gasteiger partial charge in [-0.3, -0.25) is 0 Å². The summed E-state index contributed by atoms with van der Waals surface area (Å²) in [6.07, 6.45) is 3.84. The highest BCUT2D eigenvalue weighted by molar-refractivity contribution is 5.81. The van der Waals surface area contributed by atoms with Gasteiger partial charge in [0.2, 0.25) is 0 Å². The first kappa shape index (κ1) is 11.6. The molecule has 0 aliphatic carbocycles. The number of likely N-dealkylation sites (tertiary alicyclic amines) is 1. The lowest BCUT2D eigenvalue weighted by atomic mass is 10.2. The fraction of sp³-hybridized carbons (Fsp3) is 0.467. The number of nitrogens with zero attached hydrogens (tertiary/aromatic N) is 1. The third-order valence-corrected chi connectivity index (χ3v) is 3.78. The quantitative estimate of drug-likeness (QED) is 0.895. The zero-order valence-electron chi connectivity index (χ0n) is 10.9. The number of methoxy groups -OCH3 is 1. The summed E-state index contributed by atoms with van der Waals surface area (Å²) >= 11 is 0. The molecule has 1 aliphatic rings. The van der Waals surface area contributed by atoms with Gasteiger partial charge in [-0.2, -0.15) is 0 Å². The molecule has 1 aromatic carbocycles. The molecule has 3 heteroatoms. The summed E-state index contributed by atoms with van der Waals surface area (Å²) in [7, 11) is 1.71. The van der Waals surface area contributed by atoms with Gasteiger partial charge in [-0.15, -0.1) is 0 Å². The van der Waals surface area contributed by atoms with Gasteiger partial charge in [0.05, 0.1) is 7.11 Å². The highest BCUT2D eigenvalue weighted by Crippen LogP contribution is 2.21. The van der Waals surface area contributed by atoms with Crippen LogP contribution in [-0.2, 0) is 6.42 Å². The summed E-state index contributed by atoms with van der Waals surface area (Å²) < 4.78 is 5.25. The molecule has 0 unspecified atom stereocenters. The fourth-order valence-electron chi connectivity index (χ4n) is 2.72. The van der Waals surface area contributed by atoms with Gasteiger partial charge in [-0.25, -0.2) is 0 Å². The monoisotopic (exact) mass is 244 g/mol. The van der Waals surface area contributed by atoms with E-state index in [1.807, 2.05) is 6.07 Å². The van der Waals surface area contributed by atoms with Crippen molar-refractivity contribution in [2.45, 2.75) is 19.3 Å². The lowest BCUT2D eigenvalue weighted by molar-refractivity contribution is 0.342. The van der Waals surface area contributed by atoms with Crippen molar-refractivity contribution in [3.63, 3.8) is 0 Å². The maximum Gasteiger partial charge on any atom is 0.119 e. The van der Waals surface area contributed by atoms with Crippen LogP contribution in [0.15, 0.2) is 24.3 Å². The predicted octanol–water partition coefficient (Wildman–Crippen LogP) is 2.81. The van der Waals surface area contributed by atoms with Crippen molar-refractivity contribution in [3.05, 3.63) is 30.0 Å². The van der Waals surface area contributed by atoms with Crippen LogP contribution in [0.25, 0.3) is 10.9 Å². The number of benzene rings is 1. The van der Waals surface area contributed by atoms with Crippen LogP contribution < -0.4 is 4.74 Å². The second-order valence-electron chi connectivity index (χ2n) is 5.05. The number of H-pyrrole nitrogens is 1. The van der Waals surface area contributed by atoms with Crippen LogP contribution in [0.4, 0.5) is 0 Å². The van der Waals surface area contributed by atoms with Gasteiger partial charge in [0, 0.05) is 29.6 Å². The Kier molecular flexibility index (Phi) is 3.24. The van der Waals surface area contributed by atoms with Crippen molar-refractivity contribution < 1.29 is 4.74 Å². The summed E-state index contributed by atoms with van der Waals surface area (Å²) in [6.45, 7) is 3.71. The largest absolute Gasteiger partial charge is 0.497 e. The minimum absolute atomic E-state index is 0.924. The standard InChI is InChI=1S/C15H20N2O/c1-18-14-4-5-15-12(11-14)10-13(16-15)6-9-17-7-2-3-8-17/h4-5,10-11,16H,2-3,6-9H2,1H3. The van der Waals surface area contributed by atoms with E-state index in [0.717, 1.165) is 12.2 Å². The molecule has 3 rings (SSSR count). The van der Waals surface area contributed by atoms with Crippen LogP contribution in [-0.4, -0.2) is 36.6 Å². The molecule has 18 heavy (non-hydrogen) atoms. The molecular weight excluding hydrogens is 224 g/mol. The molecule has 1 fully saturated rings. The van der Waals surface area contributed by atoms with Crippen molar-refractivity contribution in [1.82, 2.24) is 9.88 Å². The molecule has 0 atom stereocenters. The SMILES string of the molecule is COc1ccc2[nH]c(CCN3CCCC3)cc2c1. The molecular formula is C15H20N2O. The number of nitrogens with one attached hydrogen (secondary N) is 1. The Balaban J connectivity index is 1.72. The van der Waals surface area contributed by atoms with Crippen LogP contribution in [0.3, 0.4) is 0 Å². The highest BCUT2D eigenvalue weighted by atomic mass is 16.5. The Bertz CT molecular complexity index is 526. The summed E-state index contributed by atoms with van der Waals surface area (Å²) in [4.78, 5) is 6.04. The third kappa shape index (κ3) is 2.36. The van der Waals surface area contributed by atoms with E-state index in [9.17, 15) is 0 Å². The highest BCUT2D eigenvalue weighted by Gasteiger charge is 2.11. The number of rotatable bonds is 4. The average Bonchev–Trinajstić information content (AvgIpc) is 3.04. The Morgan fingerprint density at radius 3 is 2.83 bits per heavy atom. The van der Waals surface area contributed by atoms with E-state index < -0.39 is 0 Å². The number of hydrogen-bond acceptors (Lipinski definition) is 2. The second-order valence-corrected chi connectivity index (χ2v) is 5.05. The fourth-order valence-corrected chi connectivity index (χ4v) is 2.72. The van der Waals surface area contributed by atoms with E-state index in [1.165, 1.54) is 49.1 Å². The Morgan fingerprint density at radius 1 is 1.22 bits per heavy atom. The van der Waals surface area contributed by atoms with E-state index >= 15 is 0 Å². The first-order chi connectivity index (χ1) is 8.85. The average molecular weight is 244 g/mol. The van der Waals surface area contributed by atoms with Crippen molar-refractivity contribution in [2.24, 2.45) is 0 Å². The smallest absolute Gasteiger partial charge is 0.119 e. The van der Waals surface area contributed by atoms with Crippen molar-refractivity contribution >= 4 is 10.9 Å². The van der Waals surface area contributed by atoms with E-state index in [1.54, 1.807) is 7.11 Å². The normalized spacial score (nSPS) is 16.5. The minimum Gasteiger partial charge on any atom is -0.497 e. The number of ether oxygens (including phenoxy) is 1. The molecule has 0 bridgehead atoms. The topological polar surface area (TPSA) is 28.3 Å². The van der Waals surface area contributed by atoms with Crippen LogP contribution in [0.1, 0.15) is 18.5 Å². The third-order valence-electron chi connectivity index (χ3n) is 3.78. The number of hydrogen-bond donors (Lipinski definition) is 1. The van der Waals surface area contributed by atoms with Gasteiger partial charge < -0.3 is 14.6 Å². The molecule has 96 valence electrons. The molecule has 0 spiro atoms. The minimum atomic E-state index is 0.924. The number of fused-ring (bicyclic) bond motifs is 1. The zero-order chi connectivity index (χ0) is 12.4. The Hall–Kier alpha value is -1.48. The predicted molar refractivity (Wildman–Crippen MR) is 74.2 cm³/mol. The molecule has 2 aromatic rings. The van der Waals surface area contributed by atoms with Gasteiger partial charge in [-0.05, 0) is 50.2 Å². The van der Waals surface area contributed by atoms with Gasteiger partial charge in [0.15, 0.2) is 0 Å². The van der Waals surface area contributed by atoms with Gasteiger partial charge in [0.25, 0.3) is 0 Å². The maximum absolute atomic E-state index is 5.25. The summed E-state index contributed by atoms with van der Waals surface area (Å²) in [5.41, 5.74) is 2.53. The summed E-state index contributed by atoms with van der Waals surface area (Å²) in [5.74, 6) is 0.924. The lowest BCUT2D eigenvalue weighted by Gasteiger charge is -2.13. The van der Waals surface area contributed by atoms with E-state index in [2.05, 4.69) is 28.1 Å². The molecule has 1 aromatic heterocycles. The number of aromatic nitrogens is 1. The molecule has 0 saturated carbocycles. The molecule has 3 nitrogen and oxygen atoms in total. The van der Waals surface area contributed by atoms with E-state index in [-0.39, 0.29) is 0 Å². The molecule has 1 saturated heterocycles.